The van der Waals surface area contributed by atoms with Crippen molar-refractivity contribution in [2.45, 2.75) is 13.0 Å². The van der Waals surface area contributed by atoms with Gasteiger partial charge in [0.2, 0.25) is 5.91 Å². The van der Waals surface area contributed by atoms with E-state index in [0.29, 0.717) is 12.4 Å². The number of Topliss-reactive ketones (excluding diaryl/α,β-unsaturated/α-hetero) is 1. The maximum Gasteiger partial charge on any atom is 0.236 e. The van der Waals surface area contributed by atoms with Gasteiger partial charge < -0.3 is 5.11 Å². The van der Waals surface area contributed by atoms with E-state index in [1.165, 1.54) is 9.58 Å². The Hall–Kier alpha value is -1.69. The monoisotopic (exact) mass is 209 g/mol. The number of carbonyl (C=O) groups is 2. The molecule has 0 aliphatic carbocycles. The van der Waals surface area contributed by atoms with Gasteiger partial charge in [0, 0.05) is 6.07 Å². The molecule has 1 aromatic rings. The summed E-state index contributed by atoms with van der Waals surface area (Å²) in [5.41, 5.74) is 0. The number of hydrogen-bond acceptors (Lipinski definition) is 4. The third kappa shape index (κ3) is 1.75. The zero-order valence-electron chi connectivity index (χ0n) is 8.09. The van der Waals surface area contributed by atoms with Crippen LogP contribution in [0.4, 0.5) is 5.82 Å². The first kappa shape index (κ1) is 9.85. The van der Waals surface area contributed by atoms with Gasteiger partial charge in [-0.15, -0.1) is 0 Å². The molecule has 0 aromatic carbocycles. The van der Waals surface area contributed by atoms with Crippen molar-refractivity contribution in [1.29, 1.82) is 0 Å². The van der Waals surface area contributed by atoms with Crippen LogP contribution >= 0.6 is 0 Å². The Bertz CT molecular complexity index is 399. The number of ketones is 1. The Morgan fingerprint density at radius 3 is 2.87 bits per heavy atom. The molecule has 6 nitrogen and oxygen atoms in total. The molecule has 1 N–H and O–H groups in total. The maximum atomic E-state index is 11.4. The minimum atomic E-state index is -0.209. The number of anilines is 1. The van der Waals surface area contributed by atoms with E-state index in [-0.39, 0.29) is 31.3 Å². The number of hydrogen-bond donors (Lipinski definition) is 1. The van der Waals surface area contributed by atoms with Gasteiger partial charge in [0.25, 0.3) is 0 Å². The molecule has 0 spiro atoms. The van der Waals surface area contributed by atoms with E-state index >= 15 is 0 Å². The molecule has 0 radical (unpaired) electrons. The van der Waals surface area contributed by atoms with Crippen molar-refractivity contribution in [2.24, 2.45) is 0 Å². The first-order chi connectivity index (χ1) is 7.22. The Balaban J connectivity index is 2.25. The molecule has 15 heavy (non-hydrogen) atoms. The number of aromatic nitrogens is 2. The highest BCUT2D eigenvalue weighted by Gasteiger charge is 2.30. The first-order valence-corrected chi connectivity index (χ1v) is 4.67. The lowest BCUT2D eigenvalue weighted by Crippen LogP contribution is -2.27. The van der Waals surface area contributed by atoms with Gasteiger partial charge in [-0.25, -0.2) is 4.68 Å². The number of nitrogens with zero attached hydrogens (tertiary/aromatic N) is 3. The summed E-state index contributed by atoms with van der Waals surface area (Å²) in [4.78, 5) is 23.9. The van der Waals surface area contributed by atoms with Crippen LogP contribution in [0.2, 0.25) is 0 Å². The summed E-state index contributed by atoms with van der Waals surface area (Å²) in [6, 6.07) is 1.66. The molecule has 1 fully saturated rings. The van der Waals surface area contributed by atoms with Gasteiger partial charge >= 0.3 is 0 Å². The summed E-state index contributed by atoms with van der Waals surface area (Å²) >= 11 is 0. The normalized spacial score (nSPS) is 16.5. The van der Waals surface area contributed by atoms with Crippen molar-refractivity contribution in [1.82, 2.24) is 9.78 Å². The lowest BCUT2D eigenvalue weighted by molar-refractivity contribution is -0.121. The van der Waals surface area contributed by atoms with Gasteiger partial charge in [0.1, 0.15) is 5.82 Å². The largest absolute Gasteiger partial charge is 0.394 e. The van der Waals surface area contributed by atoms with E-state index in [9.17, 15) is 9.59 Å². The molecule has 1 aromatic heterocycles. The predicted octanol–water partition coefficient (Wildman–Crippen LogP) is -0.819. The molecule has 1 saturated heterocycles. The molecule has 6 heteroatoms. The van der Waals surface area contributed by atoms with Crippen molar-refractivity contribution in [3.63, 3.8) is 0 Å². The quantitative estimate of drug-likeness (QED) is 0.660. The summed E-state index contributed by atoms with van der Waals surface area (Å²) < 4.78 is 1.51. The lowest BCUT2D eigenvalue weighted by Gasteiger charge is -2.15. The number of carbonyl (C=O) groups excluding carboxylic acids is 2. The summed E-state index contributed by atoms with van der Waals surface area (Å²) in [6.07, 6.45) is 1.51. The van der Waals surface area contributed by atoms with Gasteiger partial charge in [-0.2, -0.15) is 5.10 Å². The van der Waals surface area contributed by atoms with Crippen molar-refractivity contribution >= 4 is 17.5 Å². The van der Waals surface area contributed by atoms with Crippen LogP contribution < -0.4 is 4.90 Å². The average Bonchev–Trinajstić information content (AvgIpc) is 2.73. The van der Waals surface area contributed by atoms with Crippen LogP contribution in [0.15, 0.2) is 12.3 Å². The number of rotatable bonds is 3. The van der Waals surface area contributed by atoms with Crippen molar-refractivity contribution in [3.8, 4) is 0 Å². The Kier molecular flexibility index (Phi) is 2.51. The molecule has 0 atom stereocenters. The van der Waals surface area contributed by atoms with Crippen LogP contribution in [0.1, 0.15) is 6.42 Å². The Labute approximate surface area is 86.1 Å². The minimum Gasteiger partial charge on any atom is -0.394 e. The zero-order chi connectivity index (χ0) is 10.8. The second-order valence-corrected chi connectivity index (χ2v) is 3.33. The fourth-order valence-corrected chi connectivity index (χ4v) is 1.62. The molecular weight excluding hydrogens is 198 g/mol. The molecule has 1 amide bonds. The number of amides is 1. The van der Waals surface area contributed by atoms with Gasteiger partial charge in [0.15, 0.2) is 5.78 Å². The molecule has 2 heterocycles. The van der Waals surface area contributed by atoms with Crippen LogP contribution in [0.5, 0.6) is 0 Å². The summed E-state index contributed by atoms with van der Waals surface area (Å²) in [6.45, 7) is 0.376. The van der Waals surface area contributed by atoms with Crippen molar-refractivity contribution in [2.75, 3.05) is 18.1 Å². The van der Waals surface area contributed by atoms with E-state index in [4.69, 9.17) is 5.11 Å². The molecule has 80 valence electrons. The second-order valence-electron chi connectivity index (χ2n) is 3.33. The smallest absolute Gasteiger partial charge is 0.236 e. The standard InChI is InChI=1S/C9H11N3O3/c13-4-3-12-8(1-2-10-12)11-6-7(14)5-9(11)15/h1-2,13H,3-6H2. The highest BCUT2D eigenvalue weighted by Crippen LogP contribution is 2.18. The van der Waals surface area contributed by atoms with Crippen LogP contribution in [0.3, 0.4) is 0 Å². The molecule has 1 aliphatic rings. The summed E-state index contributed by atoms with van der Waals surface area (Å²) in [5.74, 6) is 0.274. The SMILES string of the molecule is O=C1CC(=O)N(c2ccnn2CCO)C1. The van der Waals surface area contributed by atoms with Crippen LogP contribution in [0, 0.1) is 0 Å². The average molecular weight is 209 g/mol. The second kappa shape index (κ2) is 3.82. The van der Waals surface area contributed by atoms with Gasteiger partial charge in [-0.3, -0.25) is 14.5 Å². The van der Waals surface area contributed by atoms with Gasteiger partial charge in [-0.1, -0.05) is 0 Å². The summed E-state index contributed by atoms with van der Waals surface area (Å²) in [5, 5.41) is 12.8. The predicted molar refractivity (Wildman–Crippen MR) is 51.3 cm³/mol. The highest BCUT2D eigenvalue weighted by molar-refractivity contribution is 6.14. The van der Waals surface area contributed by atoms with E-state index < -0.39 is 0 Å². The molecule has 1 aliphatic heterocycles. The molecule has 0 unspecified atom stereocenters. The topological polar surface area (TPSA) is 75.4 Å². The lowest BCUT2D eigenvalue weighted by atomic mass is 10.3. The molecular formula is C9H11N3O3. The third-order valence-electron chi connectivity index (χ3n) is 2.27. The first-order valence-electron chi connectivity index (χ1n) is 4.67. The van der Waals surface area contributed by atoms with Crippen LogP contribution in [-0.2, 0) is 16.1 Å². The van der Waals surface area contributed by atoms with Gasteiger partial charge in [0.05, 0.1) is 32.3 Å². The number of aliphatic hydroxyl groups is 1. The molecule has 0 bridgehead atoms. The fourth-order valence-electron chi connectivity index (χ4n) is 1.62. The number of aliphatic hydroxyl groups excluding tert-OH is 1. The van der Waals surface area contributed by atoms with E-state index in [0.717, 1.165) is 0 Å². The maximum absolute atomic E-state index is 11.4. The fraction of sp³-hybridized carbons (Fsp3) is 0.444. The van der Waals surface area contributed by atoms with E-state index in [1.54, 1.807) is 12.3 Å². The minimum absolute atomic E-state index is 0.0374. The van der Waals surface area contributed by atoms with Crippen molar-refractivity contribution in [3.05, 3.63) is 12.3 Å². The van der Waals surface area contributed by atoms with Gasteiger partial charge in [-0.05, 0) is 0 Å². The van der Waals surface area contributed by atoms with E-state index in [2.05, 4.69) is 5.10 Å². The Morgan fingerprint density at radius 1 is 1.47 bits per heavy atom. The van der Waals surface area contributed by atoms with E-state index in [1.807, 2.05) is 0 Å². The van der Waals surface area contributed by atoms with Crippen molar-refractivity contribution < 1.29 is 14.7 Å². The zero-order valence-corrected chi connectivity index (χ0v) is 8.09. The summed E-state index contributed by atoms with van der Waals surface area (Å²) in [7, 11) is 0. The Morgan fingerprint density at radius 2 is 2.27 bits per heavy atom. The highest BCUT2D eigenvalue weighted by atomic mass is 16.3. The molecule has 0 saturated carbocycles. The molecule has 2 rings (SSSR count). The third-order valence-corrected chi connectivity index (χ3v) is 2.27. The van der Waals surface area contributed by atoms with Crippen LogP contribution in [0.25, 0.3) is 0 Å². The van der Waals surface area contributed by atoms with Crippen LogP contribution in [-0.4, -0.2) is 39.7 Å².